The van der Waals surface area contributed by atoms with E-state index in [9.17, 15) is 4.79 Å². The zero-order chi connectivity index (χ0) is 11.7. The Balaban J connectivity index is 2.75. The van der Waals surface area contributed by atoms with Gasteiger partial charge >= 0.3 is 0 Å². The van der Waals surface area contributed by atoms with Crippen LogP contribution in [-0.4, -0.2) is 20.5 Å². The Labute approximate surface area is 93.3 Å². The molecule has 0 radical (unpaired) electrons. The van der Waals surface area contributed by atoms with E-state index in [0.29, 0.717) is 11.2 Å². The normalized spacial score (nSPS) is 10.9. The SMILES string of the molecule is CCc1cc(C(N)=O)cc2nnc(CC)n12. The lowest BCUT2D eigenvalue weighted by Gasteiger charge is -2.06. The first-order chi connectivity index (χ1) is 7.67. The highest BCUT2D eigenvalue weighted by Crippen LogP contribution is 2.13. The van der Waals surface area contributed by atoms with E-state index in [1.165, 1.54) is 0 Å². The maximum Gasteiger partial charge on any atom is 0.248 e. The molecule has 0 aliphatic heterocycles. The third-order valence-corrected chi connectivity index (χ3v) is 2.61. The van der Waals surface area contributed by atoms with Gasteiger partial charge in [0.1, 0.15) is 5.82 Å². The summed E-state index contributed by atoms with van der Waals surface area (Å²) >= 11 is 0. The molecule has 0 saturated carbocycles. The molecule has 0 aliphatic rings. The molecule has 0 unspecified atom stereocenters. The Morgan fingerprint density at radius 3 is 2.62 bits per heavy atom. The molecule has 5 nitrogen and oxygen atoms in total. The van der Waals surface area contributed by atoms with Crippen LogP contribution >= 0.6 is 0 Å². The predicted octanol–water partition coefficient (Wildman–Crippen LogP) is 0.953. The molecule has 2 aromatic rings. The van der Waals surface area contributed by atoms with Crippen LogP contribution < -0.4 is 5.73 Å². The number of nitrogens with two attached hydrogens (primary N) is 1. The van der Waals surface area contributed by atoms with Crippen LogP contribution in [-0.2, 0) is 12.8 Å². The molecule has 0 saturated heterocycles. The molecule has 84 valence electrons. The van der Waals surface area contributed by atoms with Crippen LogP contribution in [0.25, 0.3) is 5.65 Å². The van der Waals surface area contributed by atoms with E-state index in [0.717, 1.165) is 24.4 Å². The van der Waals surface area contributed by atoms with Crippen LogP contribution in [0.4, 0.5) is 0 Å². The van der Waals surface area contributed by atoms with Crippen molar-refractivity contribution >= 4 is 11.6 Å². The highest BCUT2D eigenvalue weighted by atomic mass is 16.1. The van der Waals surface area contributed by atoms with Gasteiger partial charge in [-0.3, -0.25) is 9.20 Å². The number of carbonyl (C=O) groups excluding carboxylic acids is 1. The lowest BCUT2D eigenvalue weighted by atomic mass is 10.2. The van der Waals surface area contributed by atoms with E-state index in [4.69, 9.17) is 5.73 Å². The van der Waals surface area contributed by atoms with Gasteiger partial charge in [0.25, 0.3) is 0 Å². The molecule has 0 aliphatic carbocycles. The van der Waals surface area contributed by atoms with Gasteiger partial charge in [0, 0.05) is 17.7 Å². The number of carbonyl (C=O) groups is 1. The van der Waals surface area contributed by atoms with E-state index < -0.39 is 5.91 Å². The Hall–Kier alpha value is -1.91. The summed E-state index contributed by atoms with van der Waals surface area (Å²) in [6, 6.07) is 3.48. The van der Waals surface area contributed by atoms with E-state index in [-0.39, 0.29) is 0 Å². The molecule has 2 rings (SSSR count). The van der Waals surface area contributed by atoms with Gasteiger partial charge in [0.2, 0.25) is 5.91 Å². The number of rotatable bonds is 3. The Kier molecular flexibility index (Phi) is 2.60. The van der Waals surface area contributed by atoms with E-state index in [1.807, 2.05) is 18.2 Å². The average molecular weight is 218 g/mol. The average Bonchev–Trinajstić information content (AvgIpc) is 2.70. The topological polar surface area (TPSA) is 73.3 Å². The summed E-state index contributed by atoms with van der Waals surface area (Å²) in [7, 11) is 0. The number of hydrogen-bond donors (Lipinski definition) is 1. The quantitative estimate of drug-likeness (QED) is 0.833. The van der Waals surface area contributed by atoms with Crippen LogP contribution in [0.2, 0.25) is 0 Å². The molecular formula is C11H14N4O. The highest BCUT2D eigenvalue weighted by molar-refractivity contribution is 5.93. The summed E-state index contributed by atoms with van der Waals surface area (Å²) in [4.78, 5) is 11.2. The molecule has 2 heterocycles. The maximum atomic E-state index is 11.2. The highest BCUT2D eigenvalue weighted by Gasteiger charge is 2.11. The van der Waals surface area contributed by atoms with Crippen molar-refractivity contribution in [1.29, 1.82) is 0 Å². The van der Waals surface area contributed by atoms with Crippen LogP contribution in [0.3, 0.4) is 0 Å². The zero-order valence-electron chi connectivity index (χ0n) is 9.40. The van der Waals surface area contributed by atoms with Crippen molar-refractivity contribution < 1.29 is 4.79 Å². The van der Waals surface area contributed by atoms with Crippen molar-refractivity contribution in [3.05, 3.63) is 29.2 Å². The number of primary amides is 1. The van der Waals surface area contributed by atoms with Crippen LogP contribution in [0.1, 0.15) is 35.7 Å². The van der Waals surface area contributed by atoms with Gasteiger partial charge in [-0.2, -0.15) is 0 Å². The third-order valence-electron chi connectivity index (χ3n) is 2.61. The van der Waals surface area contributed by atoms with Crippen molar-refractivity contribution in [3.8, 4) is 0 Å². The summed E-state index contributed by atoms with van der Waals surface area (Å²) < 4.78 is 1.98. The smallest absolute Gasteiger partial charge is 0.248 e. The van der Waals surface area contributed by atoms with Crippen LogP contribution in [0, 0.1) is 0 Å². The molecule has 2 aromatic heterocycles. The molecule has 0 bridgehead atoms. The van der Waals surface area contributed by atoms with Gasteiger partial charge in [0.05, 0.1) is 0 Å². The lowest BCUT2D eigenvalue weighted by Crippen LogP contribution is -2.13. The number of hydrogen-bond acceptors (Lipinski definition) is 3. The molecule has 16 heavy (non-hydrogen) atoms. The molecular weight excluding hydrogens is 204 g/mol. The van der Waals surface area contributed by atoms with Crippen LogP contribution in [0.15, 0.2) is 12.1 Å². The lowest BCUT2D eigenvalue weighted by molar-refractivity contribution is 0.1000. The molecule has 1 amide bonds. The third kappa shape index (κ3) is 1.54. The second-order valence-electron chi connectivity index (χ2n) is 3.62. The number of fused-ring (bicyclic) bond motifs is 1. The van der Waals surface area contributed by atoms with E-state index >= 15 is 0 Å². The minimum Gasteiger partial charge on any atom is -0.366 e. The second-order valence-corrected chi connectivity index (χ2v) is 3.62. The number of aromatic nitrogens is 3. The zero-order valence-corrected chi connectivity index (χ0v) is 9.40. The fourth-order valence-corrected chi connectivity index (χ4v) is 1.79. The first-order valence-electron chi connectivity index (χ1n) is 5.34. The van der Waals surface area contributed by atoms with Gasteiger partial charge in [-0.15, -0.1) is 10.2 Å². The summed E-state index contributed by atoms with van der Waals surface area (Å²) in [5.74, 6) is 0.473. The molecule has 0 atom stereocenters. The molecule has 2 N–H and O–H groups in total. The first-order valence-corrected chi connectivity index (χ1v) is 5.34. The molecule has 0 fully saturated rings. The largest absolute Gasteiger partial charge is 0.366 e. The summed E-state index contributed by atoms with van der Waals surface area (Å²) in [5.41, 5.74) is 7.45. The maximum absolute atomic E-state index is 11.2. The molecule has 0 spiro atoms. The summed E-state index contributed by atoms with van der Waals surface area (Å²) in [6.45, 7) is 4.05. The van der Waals surface area contributed by atoms with E-state index in [2.05, 4.69) is 10.2 Å². The number of nitrogens with zero attached hydrogens (tertiary/aromatic N) is 3. The van der Waals surface area contributed by atoms with Gasteiger partial charge < -0.3 is 5.73 Å². The minimum atomic E-state index is -0.432. The van der Waals surface area contributed by atoms with Crippen molar-refractivity contribution in [1.82, 2.24) is 14.6 Å². The minimum absolute atomic E-state index is 0.432. The Morgan fingerprint density at radius 1 is 1.31 bits per heavy atom. The van der Waals surface area contributed by atoms with Crippen molar-refractivity contribution in [2.24, 2.45) is 5.73 Å². The second kappa shape index (κ2) is 3.92. The van der Waals surface area contributed by atoms with Gasteiger partial charge in [-0.1, -0.05) is 13.8 Å². The van der Waals surface area contributed by atoms with E-state index in [1.54, 1.807) is 12.1 Å². The predicted molar refractivity (Wildman–Crippen MR) is 60.3 cm³/mol. The Morgan fingerprint density at radius 2 is 2.06 bits per heavy atom. The fourth-order valence-electron chi connectivity index (χ4n) is 1.79. The van der Waals surface area contributed by atoms with Crippen molar-refractivity contribution in [3.63, 3.8) is 0 Å². The molecule has 0 aromatic carbocycles. The Bertz CT molecular complexity index is 544. The van der Waals surface area contributed by atoms with Crippen LogP contribution in [0.5, 0.6) is 0 Å². The van der Waals surface area contributed by atoms with Gasteiger partial charge in [0.15, 0.2) is 5.65 Å². The summed E-state index contributed by atoms with van der Waals surface area (Å²) in [5, 5.41) is 8.13. The standard InChI is InChI=1S/C11H14N4O/c1-3-8-5-7(11(12)16)6-10-14-13-9(4-2)15(8)10/h5-6H,3-4H2,1-2H3,(H2,12,16). The molecule has 5 heteroatoms. The number of aryl methyl sites for hydroxylation is 2. The van der Waals surface area contributed by atoms with Crippen molar-refractivity contribution in [2.45, 2.75) is 26.7 Å². The summed E-state index contributed by atoms with van der Waals surface area (Å²) in [6.07, 6.45) is 1.62. The monoisotopic (exact) mass is 218 g/mol. The number of pyridine rings is 1. The van der Waals surface area contributed by atoms with Gasteiger partial charge in [-0.25, -0.2) is 0 Å². The van der Waals surface area contributed by atoms with Crippen molar-refractivity contribution in [2.75, 3.05) is 0 Å². The fraction of sp³-hybridized carbons (Fsp3) is 0.364. The number of amides is 1. The first kappa shape index (κ1) is 10.6. The van der Waals surface area contributed by atoms with Gasteiger partial charge in [-0.05, 0) is 18.6 Å².